The predicted octanol–water partition coefficient (Wildman–Crippen LogP) is 3.05. The number of carbonyl (C=O) groups is 1. The summed E-state index contributed by atoms with van der Waals surface area (Å²) in [6, 6.07) is 5.56. The largest absolute Gasteiger partial charge is 0.476 e. The van der Waals surface area contributed by atoms with E-state index in [1.165, 1.54) is 12.5 Å². The molecular formula is C11H8BrClN2O2. The van der Waals surface area contributed by atoms with Crippen LogP contribution in [0.15, 0.2) is 35.2 Å². The van der Waals surface area contributed by atoms with Crippen LogP contribution < -0.4 is 0 Å². The second-order valence-electron chi connectivity index (χ2n) is 3.47. The fourth-order valence-corrected chi connectivity index (χ4v) is 2.14. The molecular weight excluding hydrogens is 307 g/mol. The Hall–Kier alpha value is -1.33. The smallest absolute Gasteiger partial charge is 0.356 e. The molecule has 0 aliphatic carbocycles. The van der Waals surface area contributed by atoms with Crippen LogP contribution in [-0.2, 0) is 6.54 Å². The van der Waals surface area contributed by atoms with Crippen molar-refractivity contribution in [2.75, 3.05) is 0 Å². The van der Waals surface area contributed by atoms with Crippen molar-refractivity contribution in [3.63, 3.8) is 0 Å². The Morgan fingerprint density at radius 1 is 1.53 bits per heavy atom. The summed E-state index contributed by atoms with van der Waals surface area (Å²) in [6.45, 7) is 0.492. The van der Waals surface area contributed by atoms with Crippen molar-refractivity contribution >= 4 is 33.5 Å². The van der Waals surface area contributed by atoms with Crippen LogP contribution >= 0.6 is 27.5 Å². The molecule has 0 saturated heterocycles. The molecule has 6 heteroatoms. The number of hydrogen-bond acceptors (Lipinski definition) is 2. The van der Waals surface area contributed by atoms with Gasteiger partial charge in [-0.15, -0.1) is 0 Å². The van der Waals surface area contributed by atoms with E-state index in [2.05, 4.69) is 20.9 Å². The van der Waals surface area contributed by atoms with Gasteiger partial charge in [0.05, 0.1) is 6.33 Å². The topological polar surface area (TPSA) is 55.1 Å². The Labute approximate surface area is 111 Å². The molecule has 0 fully saturated rings. The summed E-state index contributed by atoms with van der Waals surface area (Å²) in [5.41, 5.74) is 0.933. The summed E-state index contributed by atoms with van der Waals surface area (Å²) >= 11 is 9.39. The van der Waals surface area contributed by atoms with Gasteiger partial charge in [0.25, 0.3) is 0 Å². The van der Waals surface area contributed by atoms with E-state index in [1.54, 1.807) is 10.6 Å². The first-order valence-corrected chi connectivity index (χ1v) is 5.92. The van der Waals surface area contributed by atoms with Gasteiger partial charge in [0.2, 0.25) is 0 Å². The van der Waals surface area contributed by atoms with E-state index in [0.29, 0.717) is 11.6 Å². The van der Waals surface area contributed by atoms with E-state index in [0.717, 1.165) is 10.0 Å². The minimum Gasteiger partial charge on any atom is -0.476 e. The quantitative estimate of drug-likeness (QED) is 0.947. The SMILES string of the molecule is O=C(O)c1cn(Cc2ccc(Br)cc2Cl)cn1. The lowest BCUT2D eigenvalue weighted by atomic mass is 10.2. The van der Waals surface area contributed by atoms with Gasteiger partial charge in [-0.3, -0.25) is 0 Å². The molecule has 1 N–H and O–H groups in total. The number of benzene rings is 1. The zero-order chi connectivity index (χ0) is 12.4. The van der Waals surface area contributed by atoms with E-state index >= 15 is 0 Å². The lowest BCUT2D eigenvalue weighted by Gasteiger charge is -2.05. The van der Waals surface area contributed by atoms with Crippen molar-refractivity contribution in [1.82, 2.24) is 9.55 Å². The van der Waals surface area contributed by atoms with Gasteiger partial charge in [0.1, 0.15) is 0 Å². The number of rotatable bonds is 3. The van der Waals surface area contributed by atoms with Crippen molar-refractivity contribution in [1.29, 1.82) is 0 Å². The third-order valence-electron chi connectivity index (χ3n) is 2.22. The summed E-state index contributed by atoms with van der Waals surface area (Å²) in [4.78, 5) is 14.4. The van der Waals surface area contributed by atoms with Gasteiger partial charge >= 0.3 is 5.97 Å². The number of carboxylic acids is 1. The van der Waals surface area contributed by atoms with Crippen molar-refractivity contribution in [3.05, 3.63) is 51.5 Å². The first-order chi connectivity index (χ1) is 8.06. The maximum Gasteiger partial charge on any atom is 0.356 e. The molecule has 2 aromatic rings. The average molecular weight is 316 g/mol. The third-order valence-corrected chi connectivity index (χ3v) is 3.07. The fourth-order valence-electron chi connectivity index (χ4n) is 1.40. The van der Waals surface area contributed by atoms with E-state index in [4.69, 9.17) is 16.7 Å². The monoisotopic (exact) mass is 314 g/mol. The van der Waals surface area contributed by atoms with Crippen molar-refractivity contribution in [2.45, 2.75) is 6.54 Å². The molecule has 1 aromatic heterocycles. The Morgan fingerprint density at radius 2 is 2.29 bits per heavy atom. The van der Waals surface area contributed by atoms with Gasteiger partial charge in [0.15, 0.2) is 5.69 Å². The second-order valence-corrected chi connectivity index (χ2v) is 4.80. The molecule has 1 heterocycles. The van der Waals surface area contributed by atoms with E-state index in [-0.39, 0.29) is 5.69 Å². The molecule has 0 unspecified atom stereocenters. The molecule has 1 aromatic carbocycles. The lowest BCUT2D eigenvalue weighted by molar-refractivity contribution is 0.0691. The van der Waals surface area contributed by atoms with Crippen LogP contribution in [0.3, 0.4) is 0 Å². The minimum atomic E-state index is -1.04. The third kappa shape index (κ3) is 2.87. The highest BCUT2D eigenvalue weighted by atomic mass is 79.9. The van der Waals surface area contributed by atoms with Gasteiger partial charge in [-0.25, -0.2) is 9.78 Å². The van der Waals surface area contributed by atoms with Gasteiger partial charge in [-0.05, 0) is 17.7 Å². The van der Waals surface area contributed by atoms with E-state index in [1.807, 2.05) is 12.1 Å². The van der Waals surface area contributed by atoms with Crippen LogP contribution in [0.1, 0.15) is 16.1 Å². The molecule has 17 heavy (non-hydrogen) atoms. The van der Waals surface area contributed by atoms with Crippen LogP contribution in [0.2, 0.25) is 5.02 Å². The molecule has 0 aliphatic heterocycles. The molecule has 0 spiro atoms. The molecule has 4 nitrogen and oxygen atoms in total. The lowest BCUT2D eigenvalue weighted by Crippen LogP contribution is -1.98. The fraction of sp³-hybridized carbons (Fsp3) is 0.0909. The van der Waals surface area contributed by atoms with Gasteiger partial charge in [0, 0.05) is 22.2 Å². The highest BCUT2D eigenvalue weighted by Gasteiger charge is 2.08. The maximum absolute atomic E-state index is 10.7. The molecule has 0 bridgehead atoms. The Balaban J connectivity index is 2.22. The molecule has 0 aliphatic rings. The van der Waals surface area contributed by atoms with Crippen LogP contribution in [0.4, 0.5) is 0 Å². The first kappa shape index (κ1) is 12.1. The highest BCUT2D eigenvalue weighted by molar-refractivity contribution is 9.10. The van der Waals surface area contributed by atoms with Crippen LogP contribution in [-0.4, -0.2) is 20.6 Å². The number of hydrogen-bond donors (Lipinski definition) is 1. The van der Waals surface area contributed by atoms with Crippen molar-refractivity contribution < 1.29 is 9.90 Å². The number of nitrogens with zero attached hydrogens (tertiary/aromatic N) is 2. The second kappa shape index (κ2) is 4.89. The molecule has 0 radical (unpaired) electrons. The molecule has 0 atom stereocenters. The van der Waals surface area contributed by atoms with Crippen molar-refractivity contribution in [3.8, 4) is 0 Å². The number of carboxylic acid groups (broad SMARTS) is 1. The zero-order valence-corrected chi connectivity index (χ0v) is 10.9. The molecule has 2 rings (SSSR count). The summed E-state index contributed by atoms with van der Waals surface area (Å²) in [5.74, 6) is -1.04. The highest BCUT2D eigenvalue weighted by Crippen LogP contribution is 2.22. The van der Waals surface area contributed by atoms with Crippen LogP contribution in [0, 0.1) is 0 Å². The maximum atomic E-state index is 10.7. The van der Waals surface area contributed by atoms with Gasteiger partial charge < -0.3 is 9.67 Å². The van der Waals surface area contributed by atoms with Gasteiger partial charge in [-0.2, -0.15) is 0 Å². The Morgan fingerprint density at radius 3 is 2.88 bits per heavy atom. The van der Waals surface area contributed by atoms with Gasteiger partial charge in [-0.1, -0.05) is 33.6 Å². The summed E-state index contributed by atoms with van der Waals surface area (Å²) in [6.07, 6.45) is 2.95. The molecule has 0 amide bonds. The summed E-state index contributed by atoms with van der Waals surface area (Å²) in [5, 5.41) is 9.38. The van der Waals surface area contributed by atoms with Crippen LogP contribution in [0.25, 0.3) is 0 Å². The summed E-state index contributed by atoms with van der Waals surface area (Å²) < 4.78 is 2.58. The minimum absolute atomic E-state index is 0.0261. The number of halogens is 2. The predicted molar refractivity (Wildman–Crippen MR) is 67.4 cm³/mol. The van der Waals surface area contributed by atoms with Crippen LogP contribution in [0.5, 0.6) is 0 Å². The Bertz CT molecular complexity index is 568. The summed E-state index contributed by atoms with van der Waals surface area (Å²) in [7, 11) is 0. The first-order valence-electron chi connectivity index (χ1n) is 4.75. The zero-order valence-electron chi connectivity index (χ0n) is 8.60. The standard InChI is InChI=1S/C11H8BrClN2O2/c12-8-2-1-7(9(13)3-8)4-15-5-10(11(16)17)14-6-15/h1-3,5-6H,4H2,(H,16,17). The number of aromatic nitrogens is 2. The number of aromatic carboxylic acids is 1. The molecule has 0 saturated carbocycles. The normalized spacial score (nSPS) is 10.5. The molecule has 88 valence electrons. The number of imidazole rings is 1. The average Bonchev–Trinajstić information content (AvgIpc) is 2.71. The van der Waals surface area contributed by atoms with E-state index in [9.17, 15) is 4.79 Å². The van der Waals surface area contributed by atoms with Crippen molar-refractivity contribution in [2.24, 2.45) is 0 Å². The van der Waals surface area contributed by atoms with E-state index < -0.39 is 5.97 Å². The Kier molecular flexibility index (Phi) is 3.49.